The van der Waals surface area contributed by atoms with E-state index in [4.69, 9.17) is 10.00 Å². The predicted octanol–water partition coefficient (Wildman–Crippen LogP) is 2.58. The molecule has 0 N–H and O–H groups in total. The Labute approximate surface area is 85.4 Å². The molecule has 0 aromatic carbocycles. The van der Waals surface area contributed by atoms with Crippen LogP contribution in [0.25, 0.3) is 0 Å². The first-order valence-electron chi connectivity index (χ1n) is 4.95. The topological polar surface area (TPSA) is 50.1 Å². The van der Waals surface area contributed by atoms with E-state index in [0.717, 1.165) is 25.7 Å². The zero-order chi connectivity index (χ0) is 11.0. The van der Waals surface area contributed by atoms with E-state index in [1.165, 1.54) is 0 Å². The van der Waals surface area contributed by atoms with E-state index < -0.39 is 5.97 Å². The second kappa shape index (κ2) is 7.14. The van der Waals surface area contributed by atoms with Crippen molar-refractivity contribution in [3.05, 3.63) is 12.2 Å². The van der Waals surface area contributed by atoms with Crippen LogP contribution < -0.4 is 0 Å². The van der Waals surface area contributed by atoms with Gasteiger partial charge in [-0.2, -0.15) is 5.26 Å². The van der Waals surface area contributed by atoms with E-state index >= 15 is 0 Å². The van der Waals surface area contributed by atoms with Gasteiger partial charge in [0.1, 0.15) is 17.7 Å². The van der Waals surface area contributed by atoms with E-state index in [-0.39, 0.29) is 11.7 Å². The summed E-state index contributed by atoms with van der Waals surface area (Å²) >= 11 is 0. The van der Waals surface area contributed by atoms with Crippen LogP contribution in [0.3, 0.4) is 0 Å². The van der Waals surface area contributed by atoms with Crippen molar-refractivity contribution in [1.82, 2.24) is 0 Å². The Morgan fingerprint density at radius 1 is 1.43 bits per heavy atom. The summed E-state index contributed by atoms with van der Waals surface area (Å²) in [6, 6.07) is 1.69. The Bertz CT molecular complexity index is 234. The minimum atomic E-state index is -0.584. The molecular formula is C11H17NO2. The van der Waals surface area contributed by atoms with E-state index in [9.17, 15) is 4.79 Å². The number of ether oxygens (including phenoxy) is 1. The van der Waals surface area contributed by atoms with Gasteiger partial charge in [-0.3, -0.25) is 0 Å². The van der Waals surface area contributed by atoms with Gasteiger partial charge in [0.2, 0.25) is 0 Å². The monoisotopic (exact) mass is 195 g/mol. The average Bonchev–Trinajstić information content (AvgIpc) is 2.17. The molecule has 0 spiro atoms. The summed E-state index contributed by atoms with van der Waals surface area (Å²) < 4.78 is 5.12. The van der Waals surface area contributed by atoms with Gasteiger partial charge in [-0.15, -0.1) is 0 Å². The standard InChI is InChI=1S/C11H17NO2/c1-4-6-10(7-5-2)14-11(13)9(3)8-12/h10H,3-7H2,1-2H3. The molecule has 0 saturated carbocycles. The zero-order valence-corrected chi connectivity index (χ0v) is 8.88. The Morgan fingerprint density at radius 2 is 1.93 bits per heavy atom. The zero-order valence-electron chi connectivity index (χ0n) is 8.88. The number of rotatable bonds is 6. The molecule has 0 unspecified atom stereocenters. The maximum Gasteiger partial charge on any atom is 0.348 e. The molecule has 0 aliphatic rings. The number of carbonyl (C=O) groups is 1. The van der Waals surface area contributed by atoms with Gasteiger partial charge in [0.15, 0.2) is 0 Å². The van der Waals surface area contributed by atoms with Crippen molar-refractivity contribution in [2.45, 2.75) is 45.6 Å². The molecule has 0 rings (SSSR count). The number of nitriles is 1. The second-order valence-electron chi connectivity index (χ2n) is 3.20. The minimum absolute atomic E-state index is 0.0670. The number of carbonyl (C=O) groups excluding carboxylic acids is 1. The largest absolute Gasteiger partial charge is 0.458 e. The van der Waals surface area contributed by atoms with Gasteiger partial charge in [-0.25, -0.2) is 4.79 Å². The first kappa shape index (κ1) is 12.7. The normalized spacial score (nSPS) is 9.57. The van der Waals surface area contributed by atoms with Crippen LogP contribution in [0.5, 0.6) is 0 Å². The molecule has 78 valence electrons. The highest BCUT2D eigenvalue weighted by atomic mass is 16.5. The molecule has 0 aliphatic heterocycles. The third-order valence-electron chi connectivity index (χ3n) is 1.88. The number of hydrogen-bond donors (Lipinski definition) is 0. The van der Waals surface area contributed by atoms with Gasteiger partial charge < -0.3 is 4.74 Å². The van der Waals surface area contributed by atoms with E-state index in [1.807, 2.05) is 13.8 Å². The van der Waals surface area contributed by atoms with Crippen molar-refractivity contribution in [3.63, 3.8) is 0 Å². The summed E-state index contributed by atoms with van der Waals surface area (Å²) in [5, 5.41) is 8.43. The fourth-order valence-corrected chi connectivity index (χ4v) is 1.17. The lowest BCUT2D eigenvalue weighted by atomic mass is 10.1. The molecule has 0 aliphatic carbocycles. The maximum absolute atomic E-state index is 11.2. The summed E-state index contributed by atoms with van der Waals surface area (Å²) in [7, 11) is 0. The van der Waals surface area contributed by atoms with E-state index in [0.29, 0.717) is 0 Å². The quantitative estimate of drug-likeness (QED) is 0.372. The molecule has 0 aromatic rings. The summed E-state index contributed by atoms with van der Waals surface area (Å²) in [4.78, 5) is 11.2. The van der Waals surface area contributed by atoms with Crippen LogP contribution in [0, 0.1) is 11.3 Å². The number of hydrogen-bond acceptors (Lipinski definition) is 3. The van der Waals surface area contributed by atoms with Crippen LogP contribution >= 0.6 is 0 Å². The van der Waals surface area contributed by atoms with Crippen molar-refractivity contribution in [1.29, 1.82) is 5.26 Å². The molecule has 3 nitrogen and oxygen atoms in total. The van der Waals surface area contributed by atoms with Crippen LogP contribution in [0.4, 0.5) is 0 Å². The fourth-order valence-electron chi connectivity index (χ4n) is 1.17. The Morgan fingerprint density at radius 3 is 2.29 bits per heavy atom. The highest BCUT2D eigenvalue weighted by Gasteiger charge is 2.14. The molecule has 0 atom stereocenters. The first-order chi connectivity index (χ1) is 6.65. The van der Waals surface area contributed by atoms with Gasteiger partial charge in [-0.05, 0) is 12.8 Å². The first-order valence-corrected chi connectivity index (χ1v) is 4.95. The molecule has 14 heavy (non-hydrogen) atoms. The van der Waals surface area contributed by atoms with Crippen LogP contribution in [0.1, 0.15) is 39.5 Å². The van der Waals surface area contributed by atoms with Gasteiger partial charge in [-0.1, -0.05) is 33.3 Å². The Hall–Kier alpha value is -1.30. The van der Waals surface area contributed by atoms with E-state index in [1.54, 1.807) is 6.07 Å². The smallest absolute Gasteiger partial charge is 0.348 e. The van der Waals surface area contributed by atoms with Crippen molar-refractivity contribution in [3.8, 4) is 6.07 Å². The predicted molar refractivity (Wildman–Crippen MR) is 54.4 cm³/mol. The molecule has 0 heterocycles. The lowest BCUT2D eigenvalue weighted by molar-refractivity contribution is -0.144. The van der Waals surface area contributed by atoms with Gasteiger partial charge in [0.05, 0.1) is 0 Å². The molecule has 0 saturated heterocycles. The maximum atomic E-state index is 11.2. The van der Waals surface area contributed by atoms with Crippen LogP contribution in [-0.2, 0) is 9.53 Å². The van der Waals surface area contributed by atoms with Crippen molar-refractivity contribution < 1.29 is 9.53 Å². The molecular weight excluding hydrogens is 178 g/mol. The molecule has 0 fully saturated rings. The molecule has 0 radical (unpaired) electrons. The lowest BCUT2D eigenvalue weighted by Gasteiger charge is -2.15. The van der Waals surface area contributed by atoms with Gasteiger partial charge in [0.25, 0.3) is 0 Å². The van der Waals surface area contributed by atoms with E-state index in [2.05, 4.69) is 6.58 Å². The SMILES string of the molecule is C=C(C#N)C(=O)OC(CCC)CCC. The average molecular weight is 195 g/mol. The third kappa shape index (κ3) is 4.66. The highest BCUT2D eigenvalue weighted by molar-refractivity contribution is 5.91. The number of esters is 1. The summed E-state index contributed by atoms with van der Waals surface area (Å²) in [6.07, 6.45) is 3.56. The molecule has 0 bridgehead atoms. The molecule has 3 heteroatoms. The fraction of sp³-hybridized carbons (Fsp3) is 0.636. The Balaban J connectivity index is 4.09. The van der Waals surface area contributed by atoms with Crippen LogP contribution in [0.15, 0.2) is 12.2 Å². The van der Waals surface area contributed by atoms with Crippen molar-refractivity contribution >= 4 is 5.97 Å². The molecule has 0 aromatic heterocycles. The summed E-state index contributed by atoms with van der Waals surface area (Å²) in [6.45, 7) is 7.39. The van der Waals surface area contributed by atoms with Gasteiger partial charge >= 0.3 is 5.97 Å². The van der Waals surface area contributed by atoms with Crippen LogP contribution in [0.2, 0.25) is 0 Å². The third-order valence-corrected chi connectivity index (χ3v) is 1.88. The number of nitrogens with zero attached hydrogens (tertiary/aromatic N) is 1. The summed E-state index contributed by atoms with van der Waals surface area (Å²) in [5.41, 5.74) is -0.123. The van der Waals surface area contributed by atoms with Crippen LogP contribution in [-0.4, -0.2) is 12.1 Å². The highest BCUT2D eigenvalue weighted by Crippen LogP contribution is 2.11. The van der Waals surface area contributed by atoms with Gasteiger partial charge in [0, 0.05) is 0 Å². The second-order valence-corrected chi connectivity index (χ2v) is 3.20. The lowest BCUT2D eigenvalue weighted by Crippen LogP contribution is -2.18. The summed E-state index contributed by atoms with van der Waals surface area (Å²) in [5.74, 6) is -0.584. The minimum Gasteiger partial charge on any atom is -0.458 e. The van der Waals surface area contributed by atoms with Crippen molar-refractivity contribution in [2.75, 3.05) is 0 Å². The molecule has 0 amide bonds. The van der Waals surface area contributed by atoms with Crippen molar-refractivity contribution in [2.24, 2.45) is 0 Å². The Kier molecular flexibility index (Phi) is 6.47.